The zero-order valence-corrected chi connectivity index (χ0v) is 17.3. The van der Waals surface area contributed by atoms with Crippen LogP contribution in [-0.4, -0.2) is 22.8 Å². The van der Waals surface area contributed by atoms with Crippen molar-refractivity contribution in [2.75, 3.05) is 5.32 Å². The van der Waals surface area contributed by atoms with Gasteiger partial charge < -0.3 is 10.6 Å². The molecule has 5 nitrogen and oxygen atoms in total. The van der Waals surface area contributed by atoms with Gasteiger partial charge in [0.2, 0.25) is 5.91 Å². The summed E-state index contributed by atoms with van der Waals surface area (Å²) >= 11 is 1.53. The molecule has 0 radical (unpaired) electrons. The molecule has 0 bridgehead atoms. The first-order valence-corrected chi connectivity index (χ1v) is 10.5. The number of nitrogens with one attached hydrogen (secondary N) is 2. The number of aromatic nitrogens is 1. The number of aryl methyl sites for hydroxylation is 2. The van der Waals surface area contributed by atoms with E-state index in [0.29, 0.717) is 11.3 Å². The molecule has 0 saturated heterocycles. The smallest absolute Gasteiger partial charge is 0.253 e. The molecule has 0 aliphatic heterocycles. The molecule has 2 aromatic carbocycles. The van der Waals surface area contributed by atoms with E-state index in [0.717, 1.165) is 34.0 Å². The van der Waals surface area contributed by atoms with Gasteiger partial charge in [0, 0.05) is 16.5 Å². The maximum atomic E-state index is 12.8. The van der Waals surface area contributed by atoms with Gasteiger partial charge in [0.25, 0.3) is 5.91 Å². The van der Waals surface area contributed by atoms with Crippen LogP contribution in [0.5, 0.6) is 0 Å². The van der Waals surface area contributed by atoms with E-state index in [4.69, 9.17) is 0 Å². The Hall–Kier alpha value is -2.99. The van der Waals surface area contributed by atoms with Crippen LogP contribution in [-0.2, 0) is 11.2 Å². The second-order valence-electron chi connectivity index (χ2n) is 7.39. The number of benzene rings is 2. The Morgan fingerprint density at radius 3 is 2.52 bits per heavy atom. The van der Waals surface area contributed by atoms with Gasteiger partial charge in [-0.05, 0) is 38.8 Å². The second-order valence-corrected chi connectivity index (χ2v) is 8.68. The van der Waals surface area contributed by atoms with Crippen LogP contribution in [0.25, 0.3) is 11.3 Å². The van der Waals surface area contributed by atoms with Gasteiger partial charge in [-0.25, -0.2) is 4.98 Å². The standard InChI is InChI=1S/C23H23N3O2S/c1-14-7-9-16(10-8-14)22-20(29-15(2)24-22)13-21(27)26-19-6-4-3-5-18(19)23(28)25-17-11-12-17/h3-10,17H,11-13H2,1-2H3,(H,25,28)(H,26,27). The Morgan fingerprint density at radius 1 is 1.07 bits per heavy atom. The molecule has 4 rings (SSSR count). The van der Waals surface area contributed by atoms with Gasteiger partial charge in [0.1, 0.15) is 0 Å². The van der Waals surface area contributed by atoms with Gasteiger partial charge >= 0.3 is 0 Å². The first-order valence-electron chi connectivity index (χ1n) is 9.72. The number of carbonyl (C=O) groups excluding carboxylic acids is 2. The zero-order chi connectivity index (χ0) is 20.4. The van der Waals surface area contributed by atoms with E-state index in [-0.39, 0.29) is 24.3 Å². The highest BCUT2D eigenvalue weighted by molar-refractivity contribution is 7.12. The summed E-state index contributed by atoms with van der Waals surface area (Å²) in [5, 5.41) is 6.81. The molecule has 0 spiro atoms. The molecule has 29 heavy (non-hydrogen) atoms. The minimum absolute atomic E-state index is 0.141. The topological polar surface area (TPSA) is 71.1 Å². The van der Waals surface area contributed by atoms with E-state index < -0.39 is 0 Å². The molecule has 148 valence electrons. The summed E-state index contributed by atoms with van der Waals surface area (Å²) in [6.45, 7) is 3.99. The number of nitrogens with zero attached hydrogens (tertiary/aromatic N) is 1. The van der Waals surface area contributed by atoms with Crippen molar-refractivity contribution in [1.82, 2.24) is 10.3 Å². The third kappa shape index (κ3) is 4.71. The van der Waals surface area contributed by atoms with E-state index in [1.807, 2.05) is 44.2 Å². The van der Waals surface area contributed by atoms with Crippen LogP contribution >= 0.6 is 11.3 Å². The summed E-state index contributed by atoms with van der Waals surface area (Å²) in [4.78, 5) is 30.8. The number of anilines is 1. The number of hydrogen-bond donors (Lipinski definition) is 2. The normalized spacial score (nSPS) is 13.2. The highest BCUT2D eigenvalue weighted by Gasteiger charge is 2.25. The molecule has 1 aliphatic carbocycles. The molecule has 2 N–H and O–H groups in total. The predicted octanol–water partition coefficient (Wildman–Crippen LogP) is 4.50. The number of hydrogen-bond acceptors (Lipinski definition) is 4. The number of thiazole rings is 1. The van der Waals surface area contributed by atoms with Gasteiger partial charge in [-0.3, -0.25) is 9.59 Å². The molecular formula is C23H23N3O2S. The maximum Gasteiger partial charge on any atom is 0.253 e. The molecule has 6 heteroatoms. The third-order valence-corrected chi connectivity index (χ3v) is 5.78. The van der Waals surface area contributed by atoms with Gasteiger partial charge in [-0.15, -0.1) is 11.3 Å². The molecule has 1 aliphatic rings. The van der Waals surface area contributed by atoms with Crippen molar-refractivity contribution in [3.63, 3.8) is 0 Å². The van der Waals surface area contributed by atoms with Crippen LogP contribution in [0, 0.1) is 13.8 Å². The molecule has 1 heterocycles. The highest BCUT2D eigenvalue weighted by atomic mass is 32.1. The summed E-state index contributed by atoms with van der Waals surface area (Å²) in [7, 11) is 0. The SMILES string of the molecule is Cc1ccc(-c2nc(C)sc2CC(=O)Nc2ccccc2C(=O)NC2CC2)cc1. The minimum Gasteiger partial charge on any atom is -0.349 e. The van der Waals surface area contributed by atoms with Crippen LogP contribution in [0.4, 0.5) is 5.69 Å². The first kappa shape index (κ1) is 19.3. The molecular weight excluding hydrogens is 382 g/mol. The first-order chi connectivity index (χ1) is 14.0. The Bertz CT molecular complexity index is 1050. The lowest BCUT2D eigenvalue weighted by Gasteiger charge is -2.11. The Morgan fingerprint density at radius 2 is 1.79 bits per heavy atom. The van der Waals surface area contributed by atoms with Gasteiger partial charge in [0.05, 0.1) is 28.4 Å². The van der Waals surface area contributed by atoms with E-state index in [1.165, 1.54) is 16.9 Å². The van der Waals surface area contributed by atoms with Gasteiger partial charge in [-0.2, -0.15) is 0 Å². The van der Waals surface area contributed by atoms with Crippen molar-refractivity contribution in [2.45, 2.75) is 39.2 Å². The minimum atomic E-state index is -0.159. The molecule has 0 unspecified atom stereocenters. The van der Waals surface area contributed by atoms with Crippen LogP contribution in [0.3, 0.4) is 0 Å². The monoisotopic (exact) mass is 405 g/mol. The summed E-state index contributed by atoms with van der Waals surface area (Å²) in [6.07, 6.45) is 2.26. The number of amides is 2. The highest BCUT2D eigenvalue weighted by Crippen LogP contribution is 2.29. The van der Waals surface area contributed by atoms with Crippen LogP contribution in [0.1, 0.15) is 38.6 Å². The number of para-hydroxylation sites is 1. The fourth-order valence-corrected chi connectivity index (χ4v) is 4.10. The fraction of sp³-hybridized carbons (Fsp3) is 0.261. The third-order valence-electron chi connectivity index (χ3n) is 4.81. The molecule has 1 fully saturated rings. The lowest BCUT2D eigenvalue weighted by molar-refractivity contribution is -0.115. The van der Waals surface area contributed by atoms with E-state index in [9.17, 15) is 9.59 Å². The van der Waals surface area contributed by atoms with Crippen molar-refractivity contribution in [1.29, 1.82) is 0 Å². The van der Waals surface area contributed by atoms with Gasteiger partial charge in [0.15, 0.2) is 0 Å². The van der Waals surface area contributed by atoms with Crippen molar-refractivity contribution >= 4 is 28.8 Å². The molecule has 1 saturated carbocycles. The summed E-state index contributed by atoms with van der Waals surface area (Å²) in [5.74, 6) is -0.300. The summed E-state index contributed by atoms with van der Waals surface area (Å²) in [5.41, 5.74) is 4.07. The average molecular weight is 406 g/mol. The lowest BCUT2D eigenvalue weighted by Crippen LogP contribution is -2.27. The second kappa shape index (κ2) is 8.17. The molecule has 1 aromatic heterocycles. The lowest BCUT2D eigenvalue weighted by atomic mass is 10.1. The number of carbonyl (C=O) groups is 2. The quantitative estimate of drug-likeness (QED) is 0.634. The fourth-order valence-electron chi connectivity index (χ4n) is 3.15. The Labute approximate surface area is 174 Å². The van der Waals surface area contributed by atoms with Crippen LogP contribution in [0.15, 0.2) is 48.5 Å². The maximum absolute atomic E-state index is 12.8. The Balaban J connectivity index is 1.51. The Kier molecular flexibility index (Phi) is 5.45. The molecule has 0 atom stereocenters. The predicted molar refractivity (Wildman–Crippen MR) is 116 cm³/mol. The largest absolute Gasteiger partial charge is 0.349 e. The number of rotatable bonds is 6. The van der Waals surface area contributed by atoms with Gasteiger partial charge in [-0.1, -0.05) is 42.0 Å². The average Bonchev–Trinajstić information content (AvgIpc) is 3.43. The van der Waals surface area contributed by atoms with Crippen molar-refractivity contribution in [3.8, 4) is 11.3 Å². The van der Waals surface area contributed by atoms with Crippen molar-refractivity contribution in [3.05, 3.63) is 69.5 Å². The van der Waals surface area contributed by atoms with E-state index in [1.54, 1.807) is 18.2 Å². The summed E-state index contributed by atoms with van der Waals surface area (Å²) < 4.78 is 0. The van der Waals surface area contributed by atoms with E-state index in [2.05, 4.69) is 15.6 Å². The van der Waals surface area contributed by atoms with Crippen molar-refractivity contribution < 1.29 is 9.59 Å². The van der Waals surface area contributed by atoms with Crippen LogP contribution in [0.2, 0.25) is 0 Å². The van der Waals surface area contributed by atoms with Crippen LogP contribution < -0.4 is 10.6 Å². The summed E-state index contributed by atoms with van der Waals surface area (Å²) in [6, 6.07) is 15.5. The zero-order valence-electron chi connectivity index (χ0n) is 16.5. The molecule has 2 amide bonds. The van der Waals surface area contributed by atoms with E-state index >= 15 is 0 Å². The molecule has 3 aromatic rings. The van der Waals surface area contributed by atoms with Crippen molar-refractivity contribution in [2.24, 2.45) is 0 Å².